The average Bonchev–Trinajstić information content (AvgIpc) is 2.46. The van der Waals surface area contributed by atoms with Crippen molar-refractivity contribution < 1.29 is 4.79 Å². The summed E-state index contributed by atoms with van der Waals surface area (Å²) in [4.78, 5) is 16.2. The van der Waals surface area contributed by atoms with E-state index in [1.54, 1.807) is 24.5 Å². The van der Waals surface area contributed by atoms with E-state index in [4.69, 9.17) is 5.84 Å². The van der Waals surface area contributed by atoms with Gasteiger partial charge in [-0.3, -0.25) is 15.6 Å². The van der Waals surface area contributed by atoms with Crippen molar-refractivity contribution in [3.8, 4) is 0 Å². The summed E-state index contributed by atoms with van der Waals surface area (Å²) >= 11 is 0. The van der Waals surface area contributed by atoms with Crippen molar-refractivity contribution in [2.24, 2.45) is 5.84 Å². The fourth-order valence-corrected chi connectivity index (χ4v) is 1.96. The zero-order valence-corrected chi connectivity index (χ0v) is 11.6. The minimum atomic E-state index is -0.102. The Morgan fingerprint density at radius 1 is 1.25 bits per heavy atom. The Hall–Kier alpha value is -2.40. The molecule has 0 aliphatic rings. The lowest BCUT2D eigenvalue weighted by atomic mass is 10.1. The molecule has 0 atom stereocenters. The highest BCUT2D eigenvalue weighted by Gasteiger charge is 2.09. The molecule has 0 fully saturated rings. The van der Waals surface area contributed by atoms with Crippen molar-refractivity contribution in [2.45, 2.75) is 20.4 Å². The first-order valence-corrected chi connectivity index (χ1v) is 6.37. The second-order valence-electron chi connectivity index (χ2n) is 4.66. The predicted octanol–water partition coefficient (Wildman–Crippen LogP) is 1.91. The van der Waals surface area contributed by atoms with E-state index in [1.807, 2.05) is 26.0 Å². The molecule has 4 N–H and O–H groups in total. The fraction of sp³-hybridized carbons (Fsp3) is 0.200. The molecule has 20 heavy (non-hydrogen) atoms. The summed E-state index contributed by atoms with van der Waals surface area (Å²) in [6.45, 7) is 4.34. The number of pyridine rings is 1. The van der Waals surface area contributed by atoms with Gasteiger partial charge in [0.2, 0.25) is 0 Å². The van der Waals surface area contributed by atoms with Gasteiger partial charge in [0.25, 0.3) is 5.91 Å². The summed E-state index contributed by atoms with van der Waals surface area (Å²) in [5, 5.41) is 2.90. The normalized spacial score (nSPS) is 10.2. The molecule has 5 nitrogen and oxygen atoms in total. The van der Waals surface area contributed by atoms with Crippen molar-refractivity contribution in [2.75, 3.05) is 5.43 Å². The highest BCUT2D eigenvalue weighted by molar-refractivity contribution is 5.96. The topological polar surface area (TPSA) is 80.0 Å². The Morgan fingerprint density at radius 2 is 2.05 bits per heavy atom. The zero-order chi connectivity index (χ0) is 14.5. The largest absolute Gasteiger partial charge is 0.348 e. The maximum absolute atomic E-state index is 12.2. The van der Waals surface area contributed by atoms with Crippen LogP contribution in [-0.2, 0) is 6.54 Å². The Kier molecular flexibility index (Phi) is 4.32. The first-order valence-electron chi connectivity index (χ1n) is 6.37. The molecule has 1 heterocycles. The number of aromatic nitrogens is 1. The van der Waals surface area contributed by atoms with Crippen molar-refractivity contribution >= 4 is 11.6 Å². The van der Waals surface area contributed by atoms with Gasteiger partial charge in [0.15, 0.2) is 0 Å². The standard InChI is InChI=1S/C15H18N4O/c1-10-5-6-17-8-12(10)9-18-15(20)14-4-3-13(19-16)7-11(14)2/h3-8,19H,9,16H2,1-2H3,(H,18,20). The van der Waals surface area contributed by atoms with Crippen LogP contribution in [0.5, 0.6) is 0 Å². The third kappa shape index (κ3) is 3.13. The van der Waals surface area contributed by atoms with Crippen LogP contribution in [0.2, 0.25) is 0 Å². The van der Waals surface area contributed by atoms with Crippen molar-refractivity contribution in [3.05, 3.63) is 58.9 Å². The van der Waals surface area contributed by atoms with Crippen LogP contribution in [0.25, 0.3) is 0 Å². The van der Waals surface area contributed by atoms with Crippen LogP contribution in [0.4, 0.5) is 5.69 Å². The Balaban J connectivity index is 2.07. The van der Waals surface area contributed by atoms with Crippen LogP contribution in [0.1, 0.15) is 27.0 Å². The highest BCUT2D eigenvalue weighted by Crippen LogP contribution is 2.14. The van der Waals surface area contributed by atoms with Gasteiger partial charge in [-0.2, -0.15) is 0 Å². The summed E-state index contributed by atoms with van der Waals surface area (Å²) in [7, 11) is 0. The molecule has 1 aromatic heterocycles. The molecule has 1 aromatic carbocycles. The Labute approximate surface area is 118 Å². The van der Waals surface area contributed by atoms with Gasteiger partial charge >= 0.3 is 0 Å². The smallest absolute Gasteiger partial charge is 0.251 e. The molecule has 5 heteroatoms. The second kappa shape index (κ2) is 6.16. The van der Waals surface area contributed by atoms with Crippen LogP contribution in [0.15, 0.2) is 36.7 Å². The summed E-state index contributed by atoms with van der Waals surface area (Å²) in [5.74, 6) is 5.24. The second-order valence-corrected chi connectivity index (χ2v) is 4.66. The van der Waals surface area contributed by atoms with Gasteiger partial charge < -0.3 is 10.7 Å². The molecule has 0 spiro atoms. The number of carbonyl (C=O) groups is 1. The molecule has 1 amide bonds. The lowest BCUT2D eigenvalue weighted by Crippen LogP contribution is -2.24. The van der Waals surface area contributed by atoms with Crippen LogP contribution in [0.3, 0.4) is 0 Å². The summed E-state index contributed by atoms with van der Waals surface area (Å²) < 4.78 is 0. The molecule has 0 radical (unpaired) electrons. The number of benzene rings is 1. The van der Waals surface area contributed by atoms with Gasteiger partial charge in [-0.25, -0.2) is 0 Å². The highest BCUT2D eigenvalue weighted by atomic mass is 16.1. The molecular formula is C15H18N4O. The molecule has 104 valence electrons. The molecular weight excluding hydrogens is 252 g/mol. The van der Waals surface area contributed by atoms with E-state index < -0.39 is 0 Å². The maximum Gasteiger partial charge on any atom is 0.251 e. The predicted molar refractivity (Wildman–Crippen MR) is 79.1 cm³/mol. The van der Waals surface area contributed by atoms with Crippen molar-refractivity contribution in [1.82, 2.24) is 10.3 Å². The zero-order valence-electron chi connectivity index (χ0n) is 11.6. The summed E-state index contributed by atoms with van der Waals surface area (Å²) in [5.41, 5.74) is 6.98. The summed E-state index contributed by atoms with van der Waals surface area (Å²) in [6.07, 6.45) is 3.51. The molecule has 0 saturated carbocycles. The SMILES string of the molecule is Cc1ccncc1CNC(=O)c1ccc(NN)cc1C. The van der Waals surface area contributed by atoms with Gasteiger partial charge in [-0.15, -0.1) is 0 Å². The van der Waals surface area contributed by atoms with Crippen LogP contribution in [-0.4, -0.2) is 10.9 Å². The third-order valence-electron chi connectivity index (χ3n) is 3.22. The molecule has 0 aliphatic carbocycles. The van der Waals surface area contributed by atoms with E-state index in [0.717, 1.165) is 22.4 Å². The van der Waals surface area contributed by atoms with Gasteiger partial charge in [0, 0.05) is 30.2 Å². The lowest BCUT2D eigenvalue weighted by molar-refractivity contribution is 0.0950. The number of hydrogen-bond donors (Lipinski definition) is 3. The molecule has 0 aliphatic heterocycles. The first-order chi connectivity index (χ1) is 9.61. The van der Waals surface area contributed by atoms with Crippen LogP contribution < -0.4 is 16.6 Å². The van der Waals surface area contributed by atoms with Crippen molar-refractivity contribution in [1.29, 1.82) is 0 Å². The fourth-order valence-electron chi connectivity index (χ4n) is 1.96. The number of hydrogen-bond acceptors (Lipinski definition) is 4. The number of nitrogens with zero attached hydrogens (tertiary/aromatic N) is 1. The number of nitrogen functional groups attached to an aromatic ring is 1. The van der Waals surface area contributed by atoms with Gasteiger partial charge in [0.05, 0.1) is 0 Å². The lowest BCUT2D eigenvalue weighted by Gasteiger charge is -2.10. The van der Waals surface area contributed by atoms with Gasteiger partial charge in [-0.05, 0) is 54.8 Å². The monoisotopic (exact) mass is 270 g/mol. The molecule has 0 unspecified atom stereocenters. The number of nitrogens with one attached hydrogen (secondary N) is 2. The van der Waals surface area contributed by atoms with E-state index in [-0.39, 0.29) is 5.91 Å². The van der Waals surface area contributed by atoms with E-state index in [1.165, 1.54) is 0 Å². The maximum atomic E-state index is 12.2. The number of nitrogens with two attached hydrogens (primary N) is 1. The van der Waals surface area contributed by atoms with Gasteiger partial charge in [-0.1, -0.05) is 0 Å². The molecule has 0 saturated heterocycles. The molecule has 2 rings (SSSR count). The van der Waals surface area contributed by atoms with E-state index in [2.05, 4.69) is 15.7 Å². The van der Waals surface area contributed by atoms with E-state index >= 15 is 0 Å². The number of carbonyl (C=O) groups excluding carboxylic acids is 1. The Bertz CT molecular complexity index is 625. The number of hydrazine groups is 1. The number of aryl methyl sites for hydroxylation is 2. The summed E-state index contributed by atoms with van der Waals surface area (Å²) in [6, 6.07) is 7.30. The molecule has 2 aromatic rings. The van der Waals surface area contributed by atoms with E-state index in [9.17, 15) is 4.79 Å². The minimum absolute atomic E-state index is 0.102. The van der Waals surface area contributed by atoms with E-state index in [0.29, 0.717) is 12.1 Å². The molecule has 0 bridgehead atoms. The number of amides is 1. The minimum Gasteiger partial charge on any atom is -0.348 e. The average molecular weight is 270 g/mol. The number of anilines is 1. The van der Waals surface area contributed by atoms with Gasteiger partial charge in [0.1, 0.15) is 0 Å². The third-order valence-corrected chi connectivity index (χ3v) is 3.22. The quantitative estimate of drug-likeness (QED) is 0.585. The number of rotatable bonds is 4. The Morgan fingerprint density at radius 3 is 2.70 bits per heavy atom. The van der Waals surface area contributed by atoms with Crippen LogP contribution in [0, 0.1) is 13.8 Å². The first kappa shape index (κ1) is 14.0. The van der Waals surface area contributed by atoms with Crippen molar-refractivity contribution in [3.63, 3.8) is 0 Å². The van der Waals surface area contributed by atoms with Crippen LogP contribution >= 0.6 is 0 Å².